The van der Waals surface area contributed by atoms with Crippen molar-refractivity contribution in [3.05, 3.63) is 6.33 Å². The topological polar surface area (TPSA) is 106 Å². The first-order valence-electron chi connectivity index (χ1n) is 6.59. The summed E-state index contributed by atoms with van der Waals surface area (Å²) < 4.78 is 6.95. The van der Waals surface area contributed by atoms with E-state index in [4.69, 9.17) is 4.74 Å². The highest BCUT2D eigenvalue weighted by molar-refractivity contribution is 7.99. The van der Waals surface area contributed by atoms with Gasteiger partial charge in [0.25, 0.3) is 0 Å². The Morgan fingerprint density at radius 2 is 2.38 bits per heavy atom. The molecule has 1 aromatic heterocycles. The fourth-order valence-electron chi connectivity index (χ4n) is 2.01. The van der Waals surface area contributed by atoms with E-state index < -0.39 is 11.5 Å². The van der Waals surface area contributed by atoms with E-state index in [2.05, 4.69) is 15.5 Å². The Labute approximate surface area is 126 Å². The lowest BCUT2D eigenvalue weighted by Gasteiger charge is -2.23. The van der Waals surface area contributed by atoms with E-state index in [0.717, 1.165) is 0 Å². The van der Waals surface area contributed by atoms with Gasteiger partial charge in [-0.3, -0.25) is 4.79 Å². The van der Waals surface area contributed by atoms with E-state index in [1.165, 1.54) is 11.8 Å². The van der Waals surface area contributed by atoms with Crippen molar-refractivity contribution in [3.8, 4) is 0 Å². The molecule has 0 aromatic carbocycles. The van der Waals surface area contributed by atoms with Crippen molar-refractivity contribution in [2.45, 2.75) is 37.0 Å². The average Bonchev–Trinajstić information content (AvgIpc) is 3.05. The molecule has 1 unspecified atom stereocenters. The lowest BCUT2D eigenvalue weighted by molar-refractivity contribution is -0.147. The van der Waals surface area contributed by atoms with Crippen LogP contribution in [0.5, 0.6) is 0 Å². The lowest BCUT2D eigenvalue weighted by Crippen LogP contribution is -2.55. The summed E-state index contributed by atoms with van der Waals surface area (Å²) in [5.74, 6) is -1.34. The van der Waals surface area contributed by atoms with Crippen molar-refractivity contribution >= 4 is 23.6 Å². The molecule has 2 heterocycles. The molecular formula is C12H18N4O4S. The number of hydrogen-bond donors (Lipinski definition) is 2. The summed E-state index contributed by atoms with van der Waals surface area (Å²) in [5.41, 5.74) is -1.30. The maximum absolute atomic E-state index is 12.0. The standard InChI is InChI=1S/C12H18N4O4S/c1-8(2)16-7-13-15-11(16)21-5-9(17)14-12(10(18)19)3-4-20-6-12/h7-8H,3-6H2,1-2H3,(H,14,17)(H,18,19). The molecule has 8 nitrogen and oxygen atoms in total. The van der Waals surface area contributed by atoms with Gasteiger partial charge in [0.1, 0.15) is 6.33 Å². The SMILES string of the molecule is CC(C)n1cnnc1SCC(=O)NC1(C(=O)O)CCOC1. The molecule has 1 aliphatic rings. The molecule has 1 amide bonds. The second-order valence-corrected chi connectivity index (χ2v) is 6.08. The zero-order chi connectivity index (χ0) is 15.5. The molecule has 2 N–H and O–H groups in total. The van der Waals surface area contributed by atoms with Crippen LogP contribution >= 0.6 is 11.8 Å². The van der Waals surface area contributed by atoms with Gasteiger partial charge in [0.05, 0.1) is 12.4 Å². The van der Waals surface area contributed by atoms with Crippen LogP contribution in [-0.2, 0) is 14.3 Å². The van der Waals surface area contributed by atoms with E-state index in [1.807, 2.05) is 18.4 Å². The number of carboxylic acid groups (broad SMARTS) is 1. The van der Waals surface area contributed by atoms with Gasteiger partial charge >= 0.3 is 5.97 Å². The predicted octanol–water partition coefficient (Wildman–Crippen LogP) is 0.311. The first kappa shape index (κ1) is 15.8. The van der Waals surface area contributed by atoms with Gasteiger partial charge in [-0.2, -0.15) is 0 Å². The third kappa shape index (κ3) is 3.53. The number of nitrogens with one attached hydrogen (secondary N) is 1. The van der Waals surface area contributed by atoms with Crippen LogP contribution < -0.4 is 5.32 Å². The van der Waals surface area contributed by atoms with Gasteiger partial charge in [-0.15, -0.1) is 10.2 Å². The number of carboxylic acids is 1. The molecule has 21 heavy (non-hydrogen) atoms. The zero-order valence-corrected chi connectivity index (χ0v) is 12.7. The second-order valence-electron chi connectivity index (χ2n) is 5.14. The summed E-state index contributed by atoms with van der Waals surface area (Å²) in [6.07, 6.45) is 1.88. The lowest BCUT2D eigenvalue weighted by atomic mass is 9.99. The van der Waals surface area contributed by atoms with Crippen molar-refractivity contribution in [1.82, 2.24) is 20.1 Å². The van der Waals surface area contributed by atoms with Gasteiger partial charge in [-0.25, -0.2) is 4.79 Å². The van der Waals surface area contributed by atoms with E-state index >= 15 is 0 Å². The molecule has 1 aromatic rings. The first-order valence-corrected chi connectivity index (χ1v) is 7.57. The Morgan fingerprint density at radius 1 is 1.62 bits per heavy atom. The Bertz CT molecular complexity index is 525. The minimum absolute atomic E-state index is 0.000909. The number of ether oxygens (including phenoxy) is 1. The second kappa shape index (κ2) is 6.44. The summed E-state index contributed by atoms with van der Waals surface area (Å²) in [6.45, 7) is 4.31. The van der Waals surface area contributed by atoms with Crippen LogP contribution in [0.3, 0.4) is 0 Å². The molecule has 116 valence electrons. The number of aliphatic carboxylic acids is 1. The van der Waals surface area contributed by atoms with Crippen LogP contribution in [0.15, 0.2) is 11.5 Å². The Hall–Kier alpha value is -1.61. The number of aromatic nitrogens is 3. The number of nitrogens with zero attached hydrogens (tertiary/aromatic N) is 3. The maximum atomic E-state index is 12.0. The fourth-order valence-corrected chi connectivity index (χ4v) is 2.85. The summed E-state index contributed by atoms with van der Waals surface area (Å²) in [5, 5.41) is 20.2. The summed E-state index contributed by atoms with van der Waals surface area (Å²) >= 11 is 1.23. The molecule has 0 bridgehead atoms. The predicted molar refractivity (Wildman–Crippen MR) is 75.1 cm³/mol. The summed E-state index contributed by atoms with van der Waals surface area (Å²) in [4.78, 5) is 23.3. The quantitative estimate of drug-likeness (QED) is 0.728. The van der Waals surface area contributed by atoms with Gasteiger partial charge in [-0.1, -0.05) is 11.8 Å². The molecule has 2 rings (SSSR count). The highest BCUT2D eigenvalue weighted by atomic mass is 32.2. The van der Waals surface area contributed by atoms with Gasteiger partial charge in [-0.05, 0) is 13.8 Å². The fraction of sp³-hybridized carbons (Fsp3) is 0.667. The highest BCUT2D eigenvalue weighted by Crippen LogP contribution is 2.21. The number of rotatable bonds is 6. The van der Waals surface area contributed by atoms with Crippen molar-refractivity contribution in [2.75, 3.05) is 19.0 Å². The molecule has 0 radical (unpaired) electrons. The number of carbonyl (C=O) groups is 2. The molecule has 1 aliphatic heterocycles. The van der Waals surface area contributed by atoms with Crippen molar-refractivity contribution in [1.29, 1.82) is 0 Å². The molecule has 9 heteroatoms. The Balaban J connectivity index is 1.93. The van der Waals surface area contributed by atoms with Crippen molar-refractivity contribution < 1.29 is 19.4 Å². The highest BCUT2D eigenvalue weighted by Gasteiger charge is 2.43. The van der Waals surface area contributed by atoms with Crippen LogP contribution in [-0.4, -0.2) is 56.3 Å². The minimum atomic E-state index is -1.30. The molecule has 0 aliphatic carbocycles. The number of carbonyl (C=O) groups excluding carboxylic acids is 1. The molecular weight excluding hydrogens is 296 g/mol. The smallest absolute Gasteiger partial charge is 0.331 e. The van der Waals surface area contributed by atoms with Crippen molar-refractivity contribution in [2.24, 2.45) is 0 Å². The maximum Gasteiger partial charge on any atom is 0.331 e. The van der Waals surface area contributed by atoms with Crippen LogP contribution in [0.2, 0.25) is 0 Å². The Kier molecular flexibility index (Phi) is 4.84. The minimum Gasteiger partial charge on any atom is -0.479 e. The molecule has 1 fully saturated rings. The van der Waals surface area contributed by atoms with Crippen molar-refractivity contribution in [3.63, 3.8) is 0 Å². The Morgan fingerprint density at radius 3 is 2.95 bits per heavy atom. The molecule has 1 saturated heterocycles. The van der Waals surface area contributed by atoms with Gasteiger partial charge in [0.15, 0.2) is 10.7 Å². The normalized spacial score (nSPS) is 21.7. The van der Waals surface area contributed by atoms with E-state index in [1.54, 1.807) is 6.33 Å². The van der Waals surface area contributed by atoms with Crippen LogP contribution in [0, 0.1) is 0 Å². The number of amides is 1. The molecule has 0 spiro atoms. The monoisotopic (exact) mass is 314 g/mol. The third-order valence-electron chi connectivity index (χ3n) is 3.24. The number of thioether (sulfide) groups is 1. The summed E-state index contributed by atoms with van der Waals surface area (Å²) in [6, 6.07) is 0.194. The van der Waals surface area contributed by atoms with Crippen LogP contribution in [0.25, 0.3) is 0 Å². The van der Waals surface area contributed by atoms with E-state index in [-0.39, 0.29) is 30.7 Å². The average molecular weight is 314 g/mol. The molecule has 0 saturated carbocycles. The first-order chi connectivity index (χ1) is 9.94. The largest absolute Gasteiger partial charge is 0.479 e. The van der Waals surface area contributed by atoms with E-state index in [0.29, 0.717) is 11.8 Å². The number of hydrogen-bond acceptors (Lipinski definition) is 6. The van der Waals surface area contributed by atoms with Crippen LogP contribution in [0.1, 0.15) is 26.3 Å². The molecule has 1 atom stereocenters. The van der Waals surface area contributed by atoms with Gasteiger partial charge < -0.3 is 19.7 Å². The van der Waals surface area contributed by atoms with Gasteiger partial charge in [0.2, 0.25) is 5.91 Å². The zero-order valence-electron chi connectivity index (χ0n) is 11.9. The third-order valence-corrected chi connectivity index (χ3v) is 4.20. The van der Waals surface area contributed by atoms with Crippen LogP contribution in [0.4, 0.5) is 0 Å². The summed E-state index contributed by atoms with van der Waals surface area (Å²) in [7, 11) is 0. The van der Waals surface area contributed by atoms with E-state index in [9.17, 15) is 14.7 Å². The van der Waals surface area contributed by atoms with Gasteiger partial charge in [0, 0.05) is 19.1 Å².